The summed E-state index contributed by atoms with van der Waals surface area (Å²) < 4.78 is 0. The summed E-state index contributed by atoms with van der Waals surface area (Å²) in [6.45, 7) is 10.5. The molecule has 2 atom stereocenters. The van der Waals surface area contributed by atoms with Crippen LogP contribution in [0.3, 0.4) is 0 Å². The van der Waals surface area contributed by atoms with Crippen molar-refractivity contribution in [3.05, 3.63) is 0 Å². The van der Waals surface area contributed by atoms with Crippen LogP contribution in [0.1, 0.15) is 52.9 Å². The molecule has 1 heterocycles. The third-order valence-electron chi connectivity index (χ3n) is 4.16. The molecule has 96 valence electrons. The molecule has 0 aromatic rings. The lowest BCUT2D eigenvalue weighted by molar-refractivity contribution is 0.283. The van der Waals surface area contributed by atoms with Gasteiger partial charge in [0.15, 0.2) is 0 Å². The molecule has 2 heteroatoms. The van der Waals surface area contributed by atoms with Crippen molar-refractivity contribution in [3.8, 4) is 0 Å². The van der Waals surface area contributed by atoms with E-state index in [2.05, 4.69) is 31.4 Å². The van der Waals surface area contributed by atoms with Gasteiger partial charge in [0.1, 0.15) is 0 Å². The first-order valence-corrected chi connectivity index (χ1v) is 7.24. The minimum absolute atomic E-state index is 0.716. The Morgan fingerprint density at radius 2 is 2.00 bits per heavy atom. The Morgan fingerprint density at radius 3 is 2.62 bits per heavy atom. The van der Waals surface area contributed by atoms with Crippen molar-refractivity contribution in [1.82, 2.24) is 10.6 Å². The number of rotatable bonds is 7. The van der Waals surface area contributed by atoms with Gasteiger partial charge in [-0.25, -0.2) is 0 Å². The number of hydrogen-bond donors (Lipinski definition) is 2. The van der Waals surface area contributed by atoms with E-state index in [1.165, 1.54) is 45.2 Å². The molecule has 1 aliphatic rings. The smallest absolute Gasteiger partial charge is 0.0195 e. The Balaban J connectivity index is 2.12. The first kappa shape index (κ1) is 14.0. The van der Waals surface area contributed by atoms with Gasteiger partial charge in [-0.05, 0) is 37.8 Å². The van der Waals surface area contributed by atoms with E-state index in [1.807, 2.05) is 0 Å². The van der Waals surface area contributed by atoms with Crippen LogP contribution >= 0.6 is 0 Å². The maximum absolute atomic E-state index is 3.64. The molecule has 0 aliphatic carbocycles. The van der Waals surface area contributed by atoms with Gasteiger partial charge < -0.3 is 10.6 Å². The largest absolute Gasteiger partial charge is 0.315 e. The summed E-state index contributed by atoms with van der Waals surface area (Å²) in [7, 11) is 0. The van der Waals surface area contributed by atoms with E-state index in [0.29, 0.717) is 6.04 Å². The maximum Gasteiger partial charge on any atom is 0.0195 e. The van der Waals surface area contributed by atoms with Crippen molar-refractivity contribution in [2.45, 2.75) is 58.9 Å². The number of hydrogen-bond acceptors (Lipinski definition) is 2. The van der Waals surface area contributed by atoms with Gasteiger partial charge in [0.2, 0.25) is 0 Å². The lowest BCUT2D eigenvalue weighted by atomic mass is 9.90. The van der Waals surface area contributed by atoms with Gasteiger partial charge in [0.25, 0.3) is 0 Å². The monoisotopic (exact) mass is 226 g/mol. The fourth-order valence-electron chi connectivity index (χ4n) is 2.66. The summed E-state index contributed by atoms with van der Waals surface area (Å²) in [4.78, 5) is 0. The van der Waals surface area contributed by atoms with Crippen LogP contribution in [0.15, 0.2) is 0 Å². The molecule has 1 aliphatic heterocycles. The van der Waals surface area contributed by atoms with Crippen molar-refractivity contribution in [3.63, 3.8) is 0 Å². The second-order valence-electron chi connectivity index (χ2n) is 5.29. The van der Waals surface area contributed by atoms with Crippen molar-refractivity contribution < 1.29 is 0 Å². The lowest BCUT2D eigenvalue weighted by Gasteiger charge is -2.30. The summed E-state index contributed by atoms with van der Waals surface area (Å²) in [6.07, 6.45) is 6.70. The third kappa shape index (κ3) is 4.84. The molecule has 2 N–H and O–H groups in total. The van der Waals surface area contributed by atoms with Gasteiger partial charge in [-0.3, -0.25) is 0 Å². The number of nitrogens with one attached hydrogen (secondary N) is 2. The Morgan fingerprint density at radius 1 is 1.25 bits per heavy atom. The maximum atomic E-state index is 3.64. The zero-order valence-electron chi connectivity index (χ0n) is 11.4. The van der Waals surface area contributed by atoms with E-state index >= 15 is 0 Å². The first-order valence-electron chi connectivity index (χ1n) is 7.24. The van der Waals surface area contributed by atoms with Gasteiger partial charge in [0, 0.05) is 12.6 Å². The molecule has 0 amide bonds. The van der Waals surface area contributed by atoms with Crippen LogP contribution in [-0.2, 0) is 0 Å². The molecule has 1 fully saturated rings. The fourth-order valence-corrected chi connectivity index (χ4v) is 2.66. The van der Waals surface area contributed by atoms with Gasteiger partial charge in [0.05, 0.1) is 0 Å². The highest BCUT2D eigenvalue weighted by molar-refractivity contribution is 4.79. The molecule has 1 saturated heterocycles. The molecule has 2 nitrogen and oxygen atoms in total. The number of piperidine rings is 1. The summed E-state index contributed by atoms with van der Waals surface area (Å²) in [5.74, 6) is 1.83. The molecule has 16 heavy (non-hydrogen) atoms. The normalized spacial score (nSPS) is 26.2. The molecule has 0 aromatic carbocycles. The van der Waals surface area contributed by atoms with Gasteiger partial charge in [-0.2, -0.15) is 0 Å². The van der Waals surface area contributed by atoms with E-state index in [9.17, 15) is 0 Å². The van der Waals surface area contributed by atoms with Crippen LogP contribution in [0.25, 0.3) is 0 Å². The molecule has 0 bridgehead atoms. The average Bonchev–Trinajstić information content (AvgIpc) is 2.35. The predicted molar refractivity (Wildman–Crippen MR) is 71.7 cm³/mol. The van der Waals surface area contributed by atoms with Crippen LogP contribution in [0.4, 0.5) is 0 Å². The second-order valence-corrected chi connectivity index (χ2v) is 5.29. The van der Waals surface area contributed by atoms with Crippen molar-refractivity contribution in [2.75, 3.05) is 19.6 Å². The average molecular weight is 226 g/mol. The predicted octanol–water partition coefficient (Wildman–Crippen LogP) is 2.79. The minimum atomic E-state index is 0.716. The zero-order valence-corrected chi connectivity index (χ0v) is 11.4. The molecule has 2 unspecified atom stereocenters. The van der Waals surface area contributed by atoms with Crippen molar-refractivity contribution in [1.29, 1.82) is 0 Å². The Bertz CT molecular complexity index is 166. The molecular formula is C14H30N2. The standard InChI is InChI=1S/C14H30N2/c1-4-12(5-2)10-15-11-14-9-13(6-3)7-8-16-14/h12-16H,4-11H2,1-3H3. The van der Waals surface area contributed by atoms with E-state index in [0.717, 1.165) is 18.4 Å². The van der Waals surface area contributed by atoms with Gasteiger partial charge >= 0.3 is 0 Å². The van der Waals surface area contributed by atoms with Crippen LogP contribution in [-0.4, -0.2) is 25.7 Å². The van der Waals surface area contributed by atoms with Crippen molar-refractivity contribution >= 4 is 0 Å². The highest BCUT2D eigenvalue weighted by atomic mass is 15.0. The third-order valence-corrected chi connectivity index (χ3v) is 4.16. The Labute approximate surface area is 102 Å². The zero-order chi connectivity index (χ0) is 11.8. The Kier molecular flexibility index (Phi) is 7.06. The Hall–Kier alpha value is -0.0800. The molecule has 0 aromatic heterocycles. The minimum Gasteiger partial charge on any atom is -0.315 e. The molecule has 0 radical (unpaired) electrons. The molecule has 0 spiro atoms. The topological polar surface area (TPSA) is 24.1 Å². The van der Waals surface area contributed by atoms with Crippen LogP contribution in [0, 0.1) is 11.8 Å². The van der Waals surface area contributed by atoms with Gasteiger partial charge in [-0.15, -0.1) is 0 Å². The van der Waals surface area contributed by atoms with E-state index < -0.39 is 0 Å². The van der Waals surface area contributed by atoms with E-state index in [1.54, 1.807) is 0 Å². The lowest BCUT2D eigenvalue weighted by Crippen LogP contribution is -2.45. The summed E-state index contributed by atoms with van der Waals surface area (Å²) >= 11 is 0. The van der Waals surface area contributed by atoms with Crippen LogP contribution in [0.2, 0.25) is 0 Å². The molecule has 0 saturated carbocycles. The quantitative estimate of drug-likeness (QED) is 0.697. The molecule has 1 rings (SSSR count). The summed E-state index contributed by atoms with van der Waals surface area (Å²) in [5, 5.41) is 7.27. The highest BCUT2D eigenvalue weighted by Gasteiger charge is 2.19. The van der Waals surface area contributed by atoms with E-state index in [-0.39, 0.29) is 0 Å². The van der Waals surface area contributed by atoms with Crippen molar-refractivity contribution in [2.24, 2.45) is 11.8 Å². The van der Waals surface area contributed by atoms with E-state index in [4.69, 9.17) is 0 Å². The fraction of sp³-hybridized carbons (Fsp3) is 1.00. The van der Waals surface area contributed by atoms with Crippen LogP contribution in [0.5, 0.6) is 0 Å². The SMILES string of the molecule is CCC(CC)CNCC1CC(CC)CCN1. The summed E-state index contributed by atoms with van der Waals surface area (Å²) in [6, 6.07) is 0.716. The highest BCUT2D eigenvalue weighted by Crippen LogP contribution is 2.18. The van der Waals surface area contributed by atoms with Gasteiger partial charge in [-0.1, -0.05) is 40.0 Å². The summed E-state index contributed by atoms with van der Waals surface area (Å²) in [5.41, 5.74) is 0. The first-order chi connectivity index (χ1) is 7.80. The second kappa shape index (κ2) is 8.08. The van der Waals surface area contributed by atoms with Crippen LogP contribution < -0.4 is 10.6 Å². The molecular weight excluding hydrogens is 196 g/mol.